The van der Waals surface area contributed by atoms with Crippen molar-refractivity contribution >= 4 is 16.2 Å². The Labute approximate surface area is 75.3 Å². The molecule has 76 valence electrons. The summed E-state index contributed by atoms with van der Waals surface area (Å²) < 4.78 is 34.7. The van der Waals surface area contributed by atoms with E-state index in [0.717, 1.165) is 0 Å². The van der Waals surface area contributed by atoms with E-state index in [0.29, 0.717) is 0 Å². The summed E-state index contributed by atoms with van der Waals surface area (Å²) in [5.74, 6) is -0.968. The molecule has 0 radical (unpaired) electrons. The van der Waals surface area contributed by atoms with Crippen molar-refractivity contribution in [3.8, 4) is 0 Å². The number of ether oxygens (including phenoxy) is 1. The average molecular weight is 210 g/mol. The minimum absolute atomic E-state index is 0.274. The monoisotopic (exact) mass is 210 g/mol. The van der Waals surface area contributed by atoms with Crippen molar-refractivity contribution in [1.82, 2.24) is 4.31 Å². The molecule has 1 aliphatic heterocycles. The summed E-state index contributed by atoms with van der Waals surface area (Å²) >= 11 is 0. The molecular weight excluding hydrogens is 200 g/mol. The Morgan fingerprint density at radius 2 is 2.15 bits per heavy atom. The maximum absolute atomic E-state index is 11.1. The van der Waals surface area contributed by atoms with Crippen molar-refractivity contribution in [3.63, 3.8) is 0 Å². The highest BCUT2D eigenvalue weighted by molar-refractivity contribution is 7.84. The van der Waals surface area contributed by atoms with Crippen molar-refractivity contribution in [2.75, 3.05) is 7.11 Å². The molecule has 1 rings (SSSR count). The van der Waals surface area contributed by atoms with Crippen molar-refractivity contribution < 1.29 is 22.5 Å². The molecule has 8 heteroatoms. The third kappa shape index (κ3) is 1.22. The van der Waals surface area contributed by atoms with E-state index in [2.05, 4.69) is 4.74 Å². The van der Waals surface area contributed by atoms with Crippen molar-refractivity contribution in [1.29, 1.82) is 0 Å². The third-order valence-electron chi connectivity index (χ3n) is 2.09. The van der Waals surface area contributed by atoms with Crippen LogP contribution in [-0.4, -0.2) is 42.1 Å². The predicted molar refractivity (Wildman–Crippen MR) is 41.8 cm³/mol. The summed E-state index contributed by atoms with van der Waals surface area (Å²) in [6.45, 7) is 1.36. The van der Waals surface area contributed by atoms with Gasteiger partial charge in [0.1, 0.15) is 0 Å². The SMILES string of the molecule is COC1(N)C(=O)N(S(=O)(=O)O)C1C. The predicted octanol–water partition coefficient (Wildman–Crippen LogP) is -1.68. The number of methoxy groups -OCH3 is 1. The number of nitrogens with two attached hydrogens (primary N) is 1. The molecule has 13 heavy (non-hydrogen) atoms. The first-order valence-electron chi connectivity index (χ1n) is 3.40. The van der Waals surface area contributed by atoms with E-state index in [1.807, 2.05) is 0 Å². The van der Waals surface area contributed by atoms with Crippen LogP contribution in [0.1, 0.15) is 6.92 Å². The maximum Gasteiger partial charge on any atom is 0.362 e. The molecule has 1 saturated heterocycles. The number of rotatable bonds is 2. The highest BCUT2D eigenvalue weighted by atomic mass is 32.2. The fourth-order valence-corrected chi connectivity index (χ4v) is 2.11. The Morgan fingerprint density at radius 3 is 2.38 bits per heavy atom. The van der Waals surface area contributed by atoms with Gasteiger partial charge in [-0.2, -0.15) is 8.42 Å². The number of amides is 1. The van der Waals surface area contributed by atoms with Gasteiger partial charge in [0.15, 0.2) is 0 Å². The second-order valence-corrected chi connectivity index (χ2v) is 4.04. The van der Waals surface area contributed by atoms with Gasteiger partial charge in [0, 0.05) is 7.11 Å². The second kappa shape index (κ2) is 2.64. The standard InChI is InChI=1S/C5H10N2O5S/c1-3-5(6,12-2)4(8)7(3)13(9,10)11/h3H,6H2,1-2H3,(H,9,10,11). The Balaban J connectivity index is 2.98. The zero-order valence-corrected chi connectivity index (χ0v) is 7.91. The van der Waals surface area contributed by atoms with Gasteiger partial charge in [0.05, 0.1) is 6.04 Å². The lowest BCUT2D eigenvalue weighted by Gasteiger charge is -2.48. The molecule has 3 N–H and O–H groups in total. The summed E-state index contributed by atoms with van der Waals surface area (Å²) in [7, 11) is -3.33. The van der Waals surface area contributed by atoms with E-state index in [9.17, 15) is 13.2 Å². The zero-order chi connectivity index (χ0) is 10.4. The Morgan fingerprint density at radius 1 is 1.69 bits per heavy atom. The minimum Gasteiger partial charge on any atom is -0.353 e. The van der Waals surface area contributed by atoms with Crippen LogP contribution in [-0.2, 0) is 19.8 Å². The van der Waals surface area contributed by atoms with Crippen LogP contribution in [0.25, 0.3) is 0 Å². The van der Waals surface area contributed by atoms with E-state index in [1.165, 1.54) is 14.0 Å². The number of hydrogen-bond acceptors (Lipinski definition) is 5. The lowest BCUT2D eigenvalue weighted by molar-refractivity contribution is -0.181. The number of β-lactam (4-membered cyclic amide) rings is 1. The summed E-state index contributed by atoms with van der Waals surface area (Å²) in [6, 6.07) is -0.903. The number of hydrogen-bond donors (Lipinski definition) is 2. The van der Waals surface area contributed by atoms with Gasteiger partial charge in [-0.05, 0) is 6.92 Å². The largest absolute Gasteiger partial charge is 0.362 e. The van der Waals surface area contributed by atoms with E-state index >= 15 is 0 Å². The van der Waals surface area contributed by atoms with Crippen LogP contribution in [0.4, 0.5) is 0 Å². The van der Waals surface area contributed by atoms with Crippen LogP contribution < -0.4 is 5.73 Å². The summed E-state index contributed by atoms with van der Waals surface area (Å²) in [5.41, 5.74) is 3.74. The molecule has 0 aromatic carbocycles. The van der Waals surface area contributed by atoms with E-state index in [-0.39, 0.29) is 4.31 Å². The molecule has 0 aromatic heterocycles. The first-order valence-corrected chi connectivity index (χ1v) is 4.80. The van der Waals surface area contributed by atoms with E-state index in [1.54, 1.807) is 0 Å². The molecule has 0 bridgehead atoms. The fourth-order valence-electron chi connectivity index (χ4n) is 1.20. The Kier molecular flexibility index (Phi) is 2.11. The van der Waals surface area contributed by atoms with Crippen LogP contribution in [0.15, 0.2) is 0 Å². The van der Waals surface area contributed by atoms with Crippen LogP contribution >= 0.6 is 0 Å². The highest BCUT2D eigenvalue weighted by Gasteiger charge is 2.61. The maximum atomic E-state index is 11.1. The molecule has 0 aromatic rings. The average Bonchev–Trinajstić information content (AvgIpc) is 2.01. The first kappa shape index (κ1) is 10.4. The molecule has 0 spiro atoms. The van der Waals surface area contributed by atoms with Gasteiger partial charge < -0.3 is 4.74 Å². The Bertz CT molecular complexity index is 339. The number of carbonyl (C=O) groups excluding carboxylic acids is 1. The molecule has 2 unspecified atom stereocenters. The first-order chi connectivity index (χ1) is 5.75. The summed E-state index contributed by atoms with van der Waals surface area (Å²) in [4.78, 5) is 11.1. The molecule has 2 atom stereocenters. The van der Waals surface area contributed by atoms with Gasteiger partial charge >= 0.3 is 10.3 Å². The minimum atomic E-state index is -4.52. The van der Waals surface area contributed by atoms with Gasteiger partial charge in [0.25, 0.3) is 5.91 Å². The molecule has 1 aliphatic rings. The molecule has 0 aliphatic carbocycles. The van der Waals surface area contributed by atoms with Crippen molar-refractivity contribution in [2.45, 2.75) is 18.7 Å². The fraction of sp³-hybridized carbons (Fsp3) is 0.800. The van der Waals surface area contributed by atoms with Gasteiger partial charge in [-0.1, -0.05) is 0 Å². The van der Waals surface area contributed by atoms with Crippen LogP contribution in [0.5, 0.6) is 0 Å². The zero-order valence-electron chi connectivity index (χ0n) is 7.09. The van der Waals surface area contributed by atoms with Gasteiger partial charge in [0.2, 0.25) is 5.72 Å². The molecular formula is C5H10N2O5S. The number of nitrogens with zero attached hydrogens (tertiary/aromatic N) is 1. The van der Waals surface area contributed by atoms with Gasteiger partial charge in [-0.3, -0.25) is 15.1 Å². The van der Waals surface area contributed by atoms with Crippen LogP contribution in [0.2, 0.25) is 0 Å². The van der Waals surface area contributed by atoms with Crippen molar-refractivity contribution in [2.24, 2.45) is 5.73 Å². The lowest BCUT2D eigenvalue weighted by Crippen LogP contribution is -2.79. The van der Waals surface area contributed by atoms with Gasteiger partial charge in [-0.25, -0.2) is 4.31 Å². The molecule has 1 amide bonds. The van der Waals surface area contributed by atoms with E-state index < -0.39 is 28.0 Å². The topological polar surface area (TPSA) is 110 Å². The quantitative estimate of drug-likeness (QED) is 0.320. The normalized spacial score (nSPS) is 34.6. The summed E-state index contributed by atoms with van der Waals surface area (Å²) in [6.07, 6.45) is 0. The smallest absolute Gasteiger partial charge is 0.353 e. The number of carbonyl (C=O) groups is 1. The summed E-state index contributed by atoms with van der Waals surface area (Å²) in [5, 5.41) is 0. The van der Waals surface area contributed by atoms with Crippen molar-refractivity contribution in [3.05, 3.63) is 0 Å². The highest BCUT2D eigenvalue weighted by Crippen LogP contribution is 2.31. The molecule has 1 heterocycles. The lowest BCUT2D eigenvalue weighted by atomic mass is 9.97. The van der Waals surface area contributed by atoms with Crippen LogP contribution in [0, 0.1) is 0 Å². The Hall–Kier alpha value is -0.700. The van der Waals surface area contributed by atoms with E-state index in [4.69, 9.17) is 10.3 Å². The molecule has 0 saturated carbocycles. The third-order valence-corrected chi connectivity index (χ3v) is 3.07. The van der Waals surface area contributed by atoms with Gasteiger partial charge in [-0.15, -0.1) is 0 Å². The molecule has 1 fully saturated rings. The molecule has 7 nitrogen and oxygen atoms in total. The van der Waals surface area contributed by atoms with Crippen LogP contribution in [0.3, 0.4) is 0 Å². The second-order valence-electron chi connectivity index (χ2n) is 2.75.